The van der Waals surface area contributed by atoms with Gasteiger partial charge in [0.25, 0.3) is 0 Å². The van der Waals surface area contributed by atoms with Gasteiger partial charge in [-0.3, -0.25) is 4.79 Å². The highest BCUT2D eigenvalue weighted by Crippen LogP contribution is 2.39. The van der Waals surface area contributed by atoms with E-state index in [-0.39, 0.29) is 5.78 Å². The van der Waals surface area contributed by atoms with Gasteiger partial charge in [0.2, 0.25) is 0 Å². The first kappa shape index (κ1) is 13.7. The van der Waals surface area contributed by atoms with Gasteiger partial charge in [-0.15, -0.1) is 11.8 Å². The van der Waals surface area contributed by atoms with Crippen molar-refractivity contribution in [2.24, 2.45) is 0 Å². The van der Waals surface area contributed by atoms with Crippen molar-refractivity contribution in [1.82, 2.24) is 0 Å². The first-order valence-corrected chi connectivity index (χ1v) is 8.26. The number of fused-ring (bicyclic) bond motifs is 1. The smallest absolute Gasteiger partial charge is 0.163 e. The predicted octanol–water partition coefficient (Wildman–Crippen LogP) is 4.73. The lowest BCUT2D eigenvalue weighted by Crippen LogP contribution is -2.12. The van der Waals surface area contributed by atoms with Gasteiger partial charge < -0.3 is 0 Å². The minimum absolute atomic E-state index is 0.271. The van der Waals surface area contributed by atoms with Gasteiger partial charge in [-0.25, -0.2) is 0 Å². The molecule has 0 atom stereocenters. The lowest BCUT2D eigenvalue weighted by Gasteiger charge is -2.20. The van der Waals surface area contributed by atoms with Gasteiger partial charge >= 0.3 is 0 Å². The molecule has 1 aliphatic heterocycles. The van der Waals surface area contributed by atoms with Crippen molar-refractivity contribution < 1.29 is 4.79 Å². The SMILES string of the molecule is C=C(C1=C(C)CCCC1=O)c1ccc2c(c1C)CCS2. The van der Waals surface area contributed by atoms with Crippen LogP contribution >= 0.6 is 11.8 Å². The molecule has 1 aromatic carbocycles. The highest BCUT2D eigenvalue weighted by atomic mass is 32.2. The van der Waals surface area contributed by atoms with Gasteiger partial charge in [-0.1, -0.05) is 18.2 Å². The van der Waals surface area contributed by atoms with Gasteiger partial charge in [0.1, 0.15) is 0 Å². The Morgan fingerprint density at radius 2 is 2.00 bits per heavy atom. The monoisotopic (exact) mass is 284 g/mol. The van der Waals surface area contributed by atoms with E-state index in [0.29, 0.717) is 6.42 Å². The van der Waals surface area contributed by atoms with Crippen molar-refractivity contribution in [3.05, 3.63) is 46.5 Å². The topological polar surface area (TPSA) is 17.1 Å². The summed E-state index contributed by atoms with van der Waals surface area (Å²) < 4.78 is 0. The second-order valence-corrected chi connectivity index (χ2v) is 6.86. The Bertz CT molecular complexity index is 637. The number of allylic oxidation sites excluding steroid dienone is 3. The third kappa shape index (κ3) is 2.16. The summed E-state index contributed by atoms with van der Waals surface area (Å²) in [6.45, 7) is 8.50. The molecule has 0 N–H and O–H groups in total. The standard InChI is InChI=1S/C18H20OS/c1-11-5-4-6-16(19)18(11)13(3)14-7-8-17-15(12(14)2)9-10-20-17/h7-8H,3-6,9-10H2,1-2H3. The van der Waals surface area contributed by atoms with Crippen molar-refractivity contribution in [2.75, 3.05) is 5.75 Å². The van der Waals surface area contributed by atoms with Gasteiger partial charge in [0, 0.05) is 22.6 Å². The summed E-state index contributed by atoms with van der Waals surface area (Å²) in [5, 5.41) is 0. The number of rotatable bonds is 2. The number of thioether (sulfide) groups is 1. The summed E-state index contributed by atoms with van der Waals surface area (Å²) in [4.78, 5) is 13.6. The van der Waals surface area contributed by atoms with Crippen molar-refractivity contribution in [2.45, 2.75) is 44.4 Å². The van der Waals surface area contributed by atoms with E-state index in [1.165, 1.54) is 27.3 Å². The number of Topliss-reactive ketones (excluding diaryl/α,β-unsaturated/α-hetero) is 1. The van der Waals surface area contributed by atoms with E-state index < -0.39 is 0 Å². The molecule has 1 aliphatic carbocycles. The number of ketones is 1. The quantitative estimate of drug-likeness (QED) is 0.781. The molecule has 0 radical (unpaired) electrons. The van der Waals surface area contributed by atoms with Crippen molar-refractivity contribution >= 4 is 23.1 Å². The van der Waals surface area contributed by atoms with Gasteiger partial charge in [0.05, 0.1) is 0 Å². The summed E-state index contributed by atoms with van der Waals surface area (Å²) in [6, 6.07) is 4.35. The Hall–Kier alpha value is -1.28. The van der Waals surface area contributed by atoms with Crippen LogP contribution in [0.3, 0.4) is 0 Å². The molecule has 0 fully saturated rings. The molecule has 0 spiro atoms. The second-order valence-electron chi connectivity index (χ2n) is 5.72. The minimum Gasteiger partial charge on any atom is -0.294 e. The average molecular weight is 284 g/mol. The van der Waals surface area contributed by atoms with Crippen LogP contribution in [0.4, 0.5) is 0 Å². The molecule has 0 amide bonds. The van der Waals surface area contributed by atoms with Crippen LogP contribution in [0.1, 0.15) is 42.9 Å². The highest BCUT2D eigenvalue weighted by Gasteiger charge is 2.24. The normalized spacial score (nSPS) is 18.4. The summed E-state index contributed by atoms with van der Waals surface area (Å²) >= 11 is 1.93. The Balaban J connectivity index is 2.06. The molecular weight excluding hydrogens is 264 g/mol. The number of hydrogen-bond donors (Lipinski definition) is 0. The van der Waals surface area contributed by atoms with Gasteiger partial charge in [-0.05, 0) is 61.4 Å². The van der Waals surface area contributed by atoms with E-state index in [1.807, 2.05) is 11.8 Å². The van der Waals surface area contributed by atoms with Crippen LogP contribution in [-0.4, -0.2) is 11.5 Å². The number of hydrogen-bond acceptors (Lipinski definition) is 2. The molecule has 2 aliphatic rings. The van der Waals surface area contributed by atoms with Crippen molar-refractivity contribution in [3.63, 3.8) is 0 Å². The fraction of sp³-hybridized carbons (Fsp3) is 0.389. The van der Waals surface area contributed by atoms with Gasteiger partial charge in [-0.2, -0.15) is 0 Å². The molecule has 0 saturated carbocycles. The fourth-order valence-electron chi connectivity index (χ4n) is 3.33. The van der Waals surface area contributed by atoms with E-state index >= 15 is 0 Å². The third-order valence-electron chi connectivity index (χ3n) is 4.45. The van der Waals surface area contributed by atoms with Crippen LogP contribution < -0.4 is 0 Å². The Morgan fingerprint density at radius 3 is 2.75 bits per heavy atom. The maximum atomic E-state index is 12.2. The van der Waals surface area contributed by atoms with Crippen LogP contribution in [-0.2, 0) is 11.2 Å². The number of benzene rings is 1. The van der Waals surface area contributed by atoms with Crippen LogP contribution in [0.15, 0.2) is 34.8 Å². The molecule has 1 heterocycles. The number of carbonyl (C=O) groups excluding carboxylic acids is 1. The molecule has 0 saturated heterocycles. The molecule has 1 aromatic rings. The number of carbonyl (C=O) groups is 1. The third-order valence-corrected chi connectivity index (χ3v) is 5.55. The largest absolute Gasteiger partial charge is 0.294 e. The fourth-order valence-corrected chi connectivity index (χ4v) is 4.45. The van der Waals surface area contributed by atoms with Crippen LogP contribution in [0.5, 0.6) is 0 Å². The second kappa shape index (κ2) is 5.25. The van der Waals surface area contributed by atoms with Crippen molar-refractivity contribution in [3.8, 4) is 0 Å². The maximum absolute atomic E-state index is 12.2. The molecule has 20 heavy (non-hydrogen) atoms. The molecule has 1 nitrogen and oxygen atoms in total. The summed E-state index contributed by atoms with van der Waals surface area (Å²) in [7, 11) is 0. The Kier molecular flexibility index (Phi) is 3.59. The molecule has 2 heteroatoms. The van der Waals surface area contributed by atoms with Gasteiger partial charge in [0.15, 0.2) is 5.78 Å². The van der Waals surface area contributed by atoms with Crippen LogP contribution in [0, 0.1) is 6.92 Å². The maximum Gasteiger partial charge on any atom is 0.163 e. The molecular formula is C18H20OS. The first-order chi connectivity index (χ1) is 9.59. The summed E-state index contributed by atoms with van der Waals surface area (Å²) in [5.74, 6) is 1.44. The van der Waals surface area contributed by atoms with Crippen molar-refractivity contribution in [1.29, 1.82) is 0 Å². The Morgan fingerprint density at radius 1 is 1.20 bits per heavy atom. The van der Waals surface area contributed by atoms with E-state index in [4.69, 9.17) is 0 Å². The highest BCUT2D eigenvalue weighted by molar-refractivity contribution is 7.99. The van der Waals surface area contributed by atoms with E-state index in [1.54, 1.807) is 0 Å². The van der Waals surface area contributed by atoms with E-state index in [9.17, 15) is 4.79 Å². The first-order valence-electron chi connectivity index (χ1n) is 7.27. The Labute approximate surface area is 125 Å². The molecule has 104 valence electrons. The minimum atomic E-state index is 0.271. The zero-order valence-electron chi connectivity index (χ0n) is 12.2. The van der Waals surface area contributed by atoms with E-state index in [2.05, 4.69) is 32.6 Å². The summed E-state index contributed by atoms with van der Waals surface area (Å²) in [5.41, 5.74) is 6.97. The molecule has 0 unspecified atom stereocenters. The molecule has 3 rings (SSSR count). The van der Waals surface area contributed by atoms with Crippen LogP contribution in [0.25, 0.3) is 5.57 Å². The predicted molar refractivity (Wildman–Crippen MR) is 86.2 cm³/mol. The zero-order chi connectivity index (χ0) is 14.3. The summed E-state index contributed by atoms with van der Waals surface area (Å²) in [6.07, 6.45) is 3.83. The molecule has 0 bridgehead atoms. The lowest BCUT2D eigenvalue weighted by atomic mass is 9.83. The lowest BCUT2D eigenvalue weighted by molar-refractivity contribution is -0.115. The van der Waals surface area contributed by atoms with Crippen LogP contribution in [0.2, 0.25) is 0 Å². The zero-order valence-corrected chi connectivity index (χ0v) is 13.0. The molecule has 0 aromatic heterocycles. The van der Waals surface area contributed by atoms with E-state index in [0.717, 1.165) is 36.0 Å². The average Bonchev–Trinajstić information content (AvgIpc) is 2.88.